The first-order valence-electron chi connectivity index (χ1n) is 14.7. The summed E-state index contributed by atoms with van der Waals surface area (Å²) < 4.78 is 0. The SMILES string of the molecule is CCCCC(N)(CCCC)C(CCCC)(CCCC)C(CCC)(CCCC)CCCC. The Labute approximate surface area is 199 Å². The summed E-state index contributed by atoms with van der Waals surface area (Å²) in [6.45, 7) is 16.7. The lowest BCUT2D eigenvalue weighted by atomic mass is 9.45. The van der Waals surface area contributed by atoms with Gasteiger partial charge < -0.3 is 5.73 Å². The maximum atomic E-state index is 7.79. The number of nitrogens with two attached hydrogens (primary N) is 1. The molecule has 2 N–H and O–H groups in total. The molecule has 1 nitrogen and oxygen atoms in total. The molecule has 0 saturated heterocycles. The fourth-order valence-electron chi connectivity index (χ4n) is 6.83. The third-order valence-electron chi connectivity index (χ3n) is 8.58. The first-order valence-corrected chi connectivity index (χ1v) is 14.7. The summed E-state index contributed by atoms with van der Waals surface area (Å²) >= 11 is 0. The van der Waals surface area contributed by atoms with E-state index in [9.17, 15) is 0 Å². The fourth-order valence-corrected chi connectivity index (χ4v) is 6.83. The van der Waals surface area contributed by atoms with Crippen LogP contribution in [0.3, 0.4) is 0 Å². The lowest BCUT2D eigenvalue weighted by Gasteiger charge is -2.62. The Hall–Kier alpha value is -0.0400. The predicted octanol–water partition coefficient (Wildman–Crippen LogP) is 10.6. The Balaban J connectivity index is 6.82. The largest absolute Gasteiger partial charge is 0.325 e. The van der Waals surface area contributed by atoms with Crippen molar-refractivity contribution in [2.24, 2.45) is 16.6 Å². The van der Waals surface area contributed by atoms with Crippen molar-refractivity contribution < 1.29 is 0 Å². The molecular formula is C30H63N. The summed E-state index contributed by atoms with van der Waals surface area (Å²) in [4.78, 5) is 0. The van der Waals surface area contributed by atoms with Crippen LogP contribution in [0, 0.1) is 10.8 Å². The third-order valence-corrected chi connectivity index (χ3v) is 8.58. The molecular weight excluding hydrogens is 374 g/mol. The Bertz CT molecular complexity index is 375. The highest BCUT2D eigenvalue weighted by Crippen LogP contribution is 2.62. The van der Waals surface area contributed by atoms with Crippen LogP contribution in [0.25, 0.3) is 0 Å². The van der Waals surface area contributed by atoms with Crippen LogP contribution in [0.1, 0.15) is 177 Å². The van der Waals surface area contributed by atoms with Crippen molar-refractivity contribution in [2.75, 3.05) is 0 Å². The second kappa shape index (κ2) is 17.4. The van der Waals surface area contributed by atoms with Crippen molar-refractivity contribution in [1.82, 2.24) is 0 Å². The molecule has 0 fully saturated rings. The average Bonchev–Trinajstić information content (AvgIpc) is 2.78. The van der Waals surface area contributed by atoms with Crippen LogP contribution >= 0.6 is 0 Å². The van der Waals surface area contributed by atoms with Crippen LogP contribution in [-0.2, 0) is 0 Å². The molecule has 31 heavy (non-hydrogen) atoms. The summed E-state index contributed by atoms with van der Waals surface area (Å²) in [5.41, 5.74) is 8.52. The molecule has 0 aliphatic carbocycles. The first kappa shape index (κ1) is 31.0. The van der Waals surface area contributed by atoms with Gasteiger partial charge in [0.15, 0.2) is 0 Å². The summed E-state index contributed by atoms with van der Waals surface area (Å²) in [5, 5.41) is 0. The van der Waals surface area contributed by atoms with Gasteiger partial charge in [-0.2, -0.15) is 0 Å². The highest BCUT2D eigenvalue weighted by Gasteiger charge is 2.57. The van der Waals surface area contributed by atoms with Crippen molar-refractivity contribution in [3.63, 3.8) is 0 Å². The molecule has 0 rings (SSSR count). The Kier molecular flexibility index (Phi) is 17.4. The Morgan fingerprint density at radius 2 is 0.710 bits per heavy atom. The fraction of sp³-hybridized carbons (Fsp3) is 1.00. The average molecular weight is 438 g/mol. The molecule has 0 unspecified atom stereocenters. The van der Waals surface area contributed by atoms with E-state index >= 15 is 0 Å². The van der Waals surface area contributed by atoms with Gasteiger partial charge in [-0.25, -0.2) is 0 Å². The molecule has 0 aromatic heterocycles. The monoisotopic (exact) mass is 437 g/mol. The maximum Gasteiger partial charge on any atom is 0.0216 e. The van der Waals surface area contributed by atoms with Crippen molar-refractivity contribution in [3.05, 3.63) is 0 Å². The molecule has 0 aliphatic heterocycles. The van der Waals surface area contributed by atoms with Gasteiger partial charge in [0.25, 0.3) is 0 Å². The highest BCUT2D eigenvalue weighted by atomic mass is 14.8. The summed E-state index contributed by atoms with van der Waals surface area (Å²) in [7, 11) is 0. The number of hydrogen-bond donors (Lipinski definition) is 1. The second-order valence-corrected chi connectivity index (χ2v) is 10.9. The molecule has 0 aromatic carbocycles. The van der Waals surface area contributed by atoms with Crippen LogP contribution in [0.15, 0.2) is 0 Å². The standard InChI is InChI=1S/C30H63N/c1-8-15-22-28(21-14-7,23-16-9-2)29(24-17-10-3,25-18-11-4)30(31,26-19-12-5)27-20-13-6/h8-27,31H2,1-7H3. The molecule has 0 radical (unpaired) electrons. The Morgan fingerprint density at radius 1 is 0.387 bits per heavy atom. The molecule has 0 aliphatic rings. The molecule has 0 aromatic rings. The van der Waals surface area contributed by atoms with Crippen LogP contribution in [-0.4, -0.2) is 5.54 Å². The van der Waals surface area contributed by atoms with E-state index in [0.717, 1.165) is 0 Å². The van der Waals surface area contributed by atoms with E-state index in [-0.39, 0.29) is 5.54 Å². The summed E-state index contributed by atoms with van der Waals surface area (Å²) in [6.07, 6.45) is 26.5. The molecule has 0 amide bonds. The van der Waals surface area contributed by atoms with Gasteiger partial charge in [0.05, 0.1) is 0 Å². The van der Waals surface area contributed by atoms with Gasteiger partial charge in [-0.05, 0) is 55.8 Å². The van der Waals surface area contributed by atoms with E-state index in [4.69, 9.17) is 5.73 Å². The molecule has 0 heterocycles. The minimum atomic E-state index is 0.0000128. The number of hydrogen-bond acceptors (Lipinski definition) is 1. The number of rotatable bonds is 22. The molecule has 0 bridgehead atoms. The Morgan fingerprint density at radius 3 is 1.03 bits per heavy atom. The van der Waals surface area contributed by atoms with Crippen LogP contribution < -0.4 is 5.73 Å². The zero-order valence-corrected chi connectivity index (χ0v) is 23.2. The van der Waals surface area contributed by atoms with Gasteiger partial charge in [-0.3, -0.25) is 0 Å². The van der Waals surface area contributed by atoms with Crippen molar-refractivity contribution in [3.8, 4) is 0 Å². The van der Waals surface area contributed by atoms with Gasteiger partial charge in [0.2, 0.25) is 0 Å². The van der Waals surface area contributed by atoms with Crippen molar-refractivity contribution in [2.45, 2.75) is 182 Å². The van der Waals surface area contributed by atoms with E-state index < -0.39 is 0 Å². The van der Waals surface area contributed by atoms with Crippen LogP contribution in [0.4, 0.5) is 0 Å². The minimum absolute atomic E-state index is 0.0000128. The van der Waals surface area contributed by atoms with E-state index in [1.54, 1.807) is 0 Å². The number of unbranched alkanes of at least 4 members (excludes halogenated alkanes) is 6. The van der Waals surface area contributed by atoms with Crippen LogP contribution in [0.2, 0.25) is 0 Å². The van der Waals surface area contributed by atoms with E-state index in [1.807, 2.05) is 0 Å². The highest BCUT2D eigenvalue weighted by molar-refractivity contribution is 5.11. The summed E-state index contributed by atoms with van der Waals surface area (Å²) in [5.74, 6) is 0. The maximum absolute atomic E-state index is 7.79. The van der Waals surface area contributed by atoms with E-state index in [1.165, 1.54) is 128 Å². The molecule has 0 saturated carbocycles. The smallest absolute Gasteiger partial charge is 0.0216 e. The minimum Gasteiger partial charge on any atom is -0.325 e. The van der Waals surface area contributed by atoms with Gasteiger partial charge in [0, 0.05) is 5.54 Å². The quantitative estimate of drug-likeness (QED) is 0.179. The van der Waals surface area contributed by atoms with Gasteiger partial charge in [-0.15, -0.1) is 0 Å². The van der Waals surface area contributed by atoms with Crippen molar-refractivity contribution in [1.29, 1.82) is 0 Å². The van der Waals surface area contributed by atoms with Gasteiger partial charge in [-0.1, -0.05) is 132 Å². The lowest BCUT2D eigenvalue weighted by molar-refractivity contribution is -0.0889. The first-order chi connectivity index (χ1) is 14.9. The van der Waals surface area contributed by atoms with E-state index in [0.29, 0.717) is 10.8 Å². The molecule has 0 spiro atoms. The van der Waals surface area contributed by atoms with Crippen LogP contribution in [0.5, 0.6) is 0 Å². The zero-order chi connectivity index (χ0) is 23.6. The molecule has 1 heteroatoms. The molecule has 0 atom stereocenters. The lowest BCUT2D eigenvalue weighted by Crippen LogP contribution is -2.63. The van der Waals surface area contributed by atoms with Crippen molar-refractivity contribution >= 4 is 0 Å². The van der Waals surface area contributed by atoms with Gasteiger partial charge in [0.1, 0.15) is 0 Å². The predicted molar refractivity (Wildman–Crippen MR) is 144 cm³/mol. The molecule has 188 valence electrons. The van der Waals surface area contributed by atoms with E-state index in [2.05, 4.69) is 48.5 Å². The summed E-state index contributed by atoms with van der Waals surface area (Å²) in [6, 6.07) is 0. The normalized spacial score (nSPS) is 13.2. The second-order valence-electron chi connectivity index (χ2n) is 10.9. The third kappa shape index (κ3) is 8.68. The zero-order valence-electron chi connectivity index (χ0n) is 23.2. The van der Waals surface area contributed by atoms with Gasteiger partial charge >= 0.3 is 0 Å². The topological polar surface area (TPSA) is 26.0 Å².